The number of rotatable bonds is 7. The topological polar surface area (TPSA) is 59.8 Å². The van der Waals surface area contributed by atoms with Gasteiger partial charge >= 0.3 is 0 Å². The average Bonchev–Trinajstić information content (AvgIpc) is 3.22. The van der Waals surface area contributed by atoms with E-state index in [0.29, 0.717) is 21.4 Å². The summed E-state index contributed by atoms with van der Waals surface area (Å²) in [5.41, 5.74) is 2.37. The summed E-state index contributed by atoms with van der Waals surface area (Å²) in [6, 6.07) is 20.8. The number of hydrogen-bond acceptors (Lipinski definition) is 4. The molecule has 0 saturated carbocycles. The zero-order chi connectivity index (χ0) is 23.4. The average molecular weight is 627 g/mol. The summed E-state index contributed by atoms with van der Waals surface area (Å²) in [6.45, 7) is 0.170. The van der Waals surface area contributed by atoms with Gasteiger partial charge in [-0.3, -0.25) is 9.36 Å². The lowest BCUT2D eigenvalue weighted by Gasteiger charge is -2.12. The molecule has 0 aliphatic rings. The molecule has 0 radical (unpaired) electrons. The third-order valence-electron chi connectivity index (χ3n) is 4.65. The molecule has 1 amide bonds. The van der Waals surface area contributed by atoms with E-state index in [4.69, 9.17) is 23.2 Å². The Morgan fingerprint density at radius 3 is 2.30 bits per heavy atom. The van der Waals surface area contributed by atoms with E-state index < -0.39 is 0 Å². The molecule has 0 atom stereocenters. The maximum atomic E-state index is 12.7. The molecule has 0 aliphatic heterocycles. The number of aromatic nitrogens is 3. The fourth-order valence-electron chi connectivity index (χ4n) is 3.01. The second-order valence-corrected chi connectivity index (χ2v) is 10.6. The molecule has 4 aromatic rings. The number of carbonyl (C=O) groups is 1. The van der Waals surface area contributed by atoms with Crippen LogP contribution < -0.4 is 5.32 Å². The summed E-state index contributed by atoms with van der Waals surface area (Å²) < 4.78 is 3.94. The maximum Gasteiger partial charge on any atom is 0.253 e. The van der Waals surface area contributed by atoms with Gasteiger partial charge in [0.05, 0.1) is 17.1 Å². The molecule has 0 saturated heterocycles. The van der Waals surface area contributed by atoms with Crippen molar-refractivity contribution in [1.82, 2.24) is 20.1 Å². The van der Waals surface area contributed by atoms with Crippen molar-refractivity contribution in [2.45, 2.75) is 17.5 Å². The molecular weight excluding hydrogens is 611 g/mol. The van der Waals surface area contributed by atoms with Gasteiger partial charge in [-0.2, -0.15) is 0 Å². The highest BCUT2D eigenvalue weighted by Gasteiger charge is 2.17. The van der Waals surface area contributed by atoms with E-state index in [1.807, 2.05) is 41.0 Å². The Bertz CT molecular complexity index is 1280. The predicted molar refractivity (Wildman–Crippen MR) is 140 cm³/mol. The molecule has 168 valence electrons. The Kier molecular flexibility index (Phi) is 8.14. The Morgan fingerprint density at radius 1 is 0.939 bits per heavy atom. The lowest BCUT2D eigenvalue weighted by atomic mass is 10.2. The van der Waals surface area contributed by atoms with Gasteiger partial charge in [0, 0.05) is 25.4 Å². The zero-order valence-electron chi connectivity index (χ0n) is 16.9. The molecule has 5 nitrogen and oxygen atoms in total. The molecule has 1 N–H and O–H groups in total. The summed E-state index contributed by atoms with van der Waals surface area (Å²) >= 11 is 20.7. The van der Waals surface area contributed by atoms with Gasteiger partial charge < -0.3 is 5.32 Å². The number of hydrogen-bond donors (Lipinski definition) is 1. The quantitative estimate of drug-likeness (QED) is 0.218. The summed E-state index contributed by atoms with van der Waals surface area (Å²) in [4.78, 5) is 12.7. The van der Waals surface area contributed by atoms with Gasteiger partial charge in [-0.15, -0.1) is 10.2 Å². The van der Waals surface area contributed by atoms with E-state index in [1.165, 1.54) is 11.6 Å². The van der Waals surface area contributed by atoms with Gasteiger partial charge in [0.1, 0.15) is 0 Å². The van der Waals surface area contributed by atoms with Crippen molar-refractivity contribution in [3.63, 3.8) is 0 Å². The van der Waals surface area contributed by atoms with Gasteiger partial charge in [-0.05, 0) is 60.2 Å². The van der Waals surface area contributed by atoms with E-state index in [-0.39, 0.29) is 12.5 Å². The molecule has 0 spiro atoms. The minimum atomic E-state index is -0.336. The van der Waals surface area contributed by atoms with Crippen LogP contribution in [0.5, 0.6) is 0 Å². The van der Waals surface area contributed by atoms with Gasteiger partial charge in [-0.1, -0.05) is 79.0 Å². The van der Waals surface area contributed by atoms with E-state index >= 15 is 0 Å². The number of nitrogens with one attached hydrogen (secondary N) is 1. The Morgan fingerprint density at radius 2 is 1.61 bits per heavy atom. The SMILES string of the molecule is O=C(NCc1nnc(SCc2ccc(Br)cc2)n1-c1ccc(Br)cc1)c1cc(Cl)ccc1Cl. The van der Waals surface area contributed by atoms with Gasteiger partial charge in [0.15, 0.2) is 11.0 Å². The van der Waals surface area contributed by atoms with Crippen molar-refractivity contribution in [2.75, 3.05) is 0 Å². The molecule has 0 bridgehead atoms. The lowest BCUT2D eigenvalue weighted by molar-refractivity contribution is 0.0950. The first-order valence-electron chi connectivity index (χ1n) is 9.71. The van der Waals surface area contributed by atoms with Crippen molar-refractivity contribution in [3.8, 4) is 5.69 Å². The Hall–Kier alpha value is -1.84. The molecule has 0 fully saturated rings. The molecule has 1 heterocycles. The summed E-state index contributed by atoms with van der Waals surface area (Å²) in [6.07, 6.45) is 0. The molecular formula is C23H16Br2Cl2N4OS. The van der Waals surface area contributed by atoms with Crippen molar-refractivity contribution in [1.29, 1.82) is 0 Å². The third-order valence-corrected chi connectivity index (χ3v) is 7.27. The van der Waals surface area contributed by atoms with Crippen LogP contribution in [0.15, 0.2) is 80.8 Å². The van der Waals surface area contributed by atoms with Gasteiger partial charge in [0.2, 0.25) is 0 Å². The fraction of sp³-hybridized carbons (Fsp3) is 0.0870. The molecule has 10 heteroatoms. The number of halogens is 4. The number of carbonyl (C=O) groups excluding carboxylic acids is 1. The highest BCUT2D eigenvalue weighted by atomic mass is 79.9. The highest BCUT2D eigenvalue weighted by Crippen LogP contribution is 2.27. The van der Waals surface area contributed by atoms with Crippen LogP contribution in [0.25, 0.3) is 5.69 Å². The van der Waals surface area contributed by atoms with Crippen LogP contribution in [0.4, 0.5) is 0 Å². The summed E-state index contributed by atoms with van der Waals surface area (Å²) in [5, 5.41) is 13.1. The molecule has 0 unspecified atom stereocenters. The number of nitrogens with zero attached hydrogens (tertiary/aromatic N) is 3. The molecule has 4 rings (SSSR count). The minimum Gasteiger partial charge on any atom is -0.345 e. The van der Waals surface area contributed by atoms with Crippen LogP contribution in [0, 0.1) is 0 Å². The first kappa shape index (κ1) is 24.3. The monoisotopic (exact) mass is 624 g/mol. The molecule has 3 aromatic carbocycles. The van der Waals surface area contributed by atoms with Crippen LogP contribution >= 0.6 is 66.8 Å². The largest absolute Gasteiger partial charge is 0.345 e. The zero-order valence-corrected chi connectivity index (χ0v) is 22.4. The van der Waals surface area contributed by atoms with E-state index in [9.17, 15) is 4.79 Å². The van der Waals surface area contributed by atoms with Crippen molar-refractivity contribution in [2.24, 2.45) is 0 Å². The number of thioether (sulfide) groups is 1. The van der Waals surface area contributed by atoms with E-state index in [0.717, 1.165) is 25.5 Å². The van der Waals surface area contributed by atoms with Crippen molar-refractivity contribution < 1.29 is 4.79 Å². The summed E-state index contributed by atoms with van der Waals surface area (Å²) in [7, 11) is 0. The number of benzene rings is 3. The summed E-state index contributed by atoms with van der Waals surface area (Å²) in [5.74, 6) is 0.992. The van der Waals surface area contributed by atoms with Crippen LogP contribution in [-0.4, -0.2) is 20.7 Å². The minimum absolute atomic E-state index is 0.170. The second kappa shape index (κ2) is 11.1. The molecule has 33 heavy (non-hydrogen) atoms. The van der Waals surface area contributed by atoms with Crippen LogP contribution in [0.3, 0.4) is 0 Å². The molecule has 1 aromatic heterocycles. The fourth-order valence-corrected chi connectivity index (χ4v) is 4.84. The Labute approximate surface area is 222 Å². The Balaban J connectivity index is 1.57. The number of amides is 1. The standard InChI is InChI=1S/C23H16Br2Cl2N4OS/c24-15-3-1-14(2-4-15)13-33-23-30-29-21(31(23)18-8-5-16(25)6-9-18)12-28-22(32)19-11-17(26)7-10-20(19)27/h1-11H,12-13H2,(H,28,32). The smallest absolute Gasteiger partial charge is 0.253 e. The van der Waals surface area contributed by atoms with E-state index in [2.05, 4.69) is 59.5 Å². The predicted octanol–water partition coefficient (Wildman–Crippen LogP) is 7.32. The van der Waals surface area contributed by atoms with Crippen molar-refractivity contribution in [3.05, 3.63) is 103 Å². The first-order chi connectivity index (χ1) is 15.9. The van der Waals surface area contributed by atoms with Gasteiger partial charge in [-0.25, -0.2) is 0 Å². The molecule has 0 aliphatic carbocycles. The highest BCUT2D eigenvalue weighted by molar-refractivity contribution is 9.10. The van der Waals surface area contributed by atoms with E-state index in [1.54, 1.807) is 23.9 Å². The normalized spacial score (nSPS) is 10.9. The van der Waals surface area contributed by atoms with Crippen LogP contribution in [0.1, 0.15) is 21.7 Å². The van der Waals surface area contributed by atoms with Crippen LogP contribution in [-0.2, 0) is 12.3 Å². The first-order valence-corrected chi connectivity index (χ1v) is 13.0. The van der Waals surface area contributed by atoms with Crippen molar-refractivity contribution >= 4 is 72.7 Å². The maximum absolute atomic E-state index is 12.7. The lowest BCUT2D eigenvalue weighted by Crippen LogP contribution is -2.25. The second-order valence-electron chi connectivity index (χ2n) is 6.93. The third kappa shape index (κ3) is 6.19. The van der Waals surface area contributed by atoms with Crippen LogP contribution in [0.2, 0.25) is 10.0 Å². The van der Waals surface area contributed by atoms with Gasteiger partial charge in [0.25, 0.3) is 5.91 Å².